The number of carbonyl (C=O) groups excluding carboxylic acids is 1. The number of furan rings is 1. The van der Waals surface area contributed by atoms with Crippen LogP contribution >= 0.6 is 0 Å². The van der Waals surface area contributed by atoms with Crippen LogP contribution < -0.4 is 11.1 Å². The zero-order chi connectivity index (χ0) is 19.6. The fourth-order valence-corrected chi connectivity index (χ4v) is 3.11. The molecule has 0 aliphatic heterocycles. The molecule has 0 saturated heterocycles. The van der Waals surface area contributed by atoms with E-state index in [9.17, 15) is 4.79 Å². The van der Waals surface area contributed by atoms with Crippen molar-refractivity contribution in [2.45, 2.75) is 26.1 Å². The first-order valence-corrected chi connectivity index (χ1v) is 9.60. The van der Waals surface area contributed by atoms with Gasteiger partial charge < -0.3 is 15.5 Å². The van der Waals surface area contributed by atoms with Crippen molar-refractivity contribution in [3.8, 4) is 0 Å². The molecule has 3 aromatic rings. The summed E-state index contributed by atoms with van der Waals surface area (Å²) in [5, 5.41) is 2.95. The first-order valence-electron chi connectivity index (χ1n) is 9.60. The molecule has 5 heteroatoms. The standard InChI is InChI=1S/C23H27N3O2/c24-15-22-14-21(18-28-22)23(27)25-12-7-13-26(16-19-8-3-1-4-9-19)17-20-10-5-2-6-11-20/h1-6,8-11,14,18H,7,12-13,15-17,24H2,(H,25,27). The molecule has 1 aromatic heterocycles. The highest BCUT2D eigenvalue weighted by molar-refractivity contribution is 5.93. The van der Waals surface area contributed by atoms with E-state index in [2.05, 4.69) is 58.7 Å². The minimum absolute atomic E-state index is 0.124. The lowest BCUT2D eigenvalue weighted by Crippen LogP contribution is -2.29. The van der Waals surface area contributed by atoms with Gasteiger partial charge in [0, 0.05) is 26.2 Å². The number of rotatable bonds is 10. The zero-order valence-corrected chi connectivity index (χ0v) is 16.0. The maximum atomic E-state index is 12.2. The summed E-state index contributed by atoms with van der Waals surface area (Å²) in [7, 11) is 0. The quantitative estimate of drug-likeness (QED) is 0.530. The van der Waals surface area contributed by atoms with Crippen LogP contribution in [0, 0.1) is 0 Å². The summed E-state index contributed by atoms with van der Waals surface area (Å²) >= 11 is 0. The van der Waals surface area contributed by atoms with Crippen molar-refractivity contribution in [3.05, 3.63) is 95.4 Å². The van der Waals surface area contributed by atoms with Crippen molar-refractivity contribution in [1.29, 1.82) is 0 Å². The van der Waals surface area contributed by atoms with E-state index in [0.29, 0.717) is 24.4 Å². The Kier molecular flexibility index (Phi) is 7.41. The molecule has 0 bridgehead atoms. The Hall–Kier alpha value is -2.89. The van der Waals surface area contributed by atoms with Gasteiger partial charge in [0.25, 0.3) is 5.91 Å². The van der Waals surface area contributed by atoms with E-state index in [1.165, 1.54) is 17.4 Å². The fourth-order valence-electron chi connectivity index (χ4n) is 3.11. The maximum absolute atomic E-state index is 12.2. The fraction of sp³-hybridized carbons (Fsp3) is 0.261. The lowest BCUT2D eigenvalue weighted by Gasteiger charge is -2.22. The normalized spacial score (nSPS) is 10.9. The van der Waals surface area contributed by atoms with E-state index in [0.717, 1.165) is 26.1 Å². The number of carbonyl (C=O) groups is 1. The van der Waals surface area contributed by atoms with Crippen LogP contribution in [0.3, 0.4) is 0 Å². The lowest BCUT2D eigenvalue weighted by atomic mass is 10.1. The van der Waals surface area contributed by atoms with Gasteiger partial charge >= 0.3 is 0 Å². The molecule has 1 heterocycles. The molecule has 1 amide bonds. The van der Waals surface area contributed by atoms with Crippen molar-refractivity contribution in [1.82, 2.24) is 10.2 Å². The summed E-state index contributed by atoms with van der Waals surface area (Å²) in [5.41, 5.74) is 8.61. The minimum Gasteiger partial charge on any atom is -0.467 e. The molecule has 5 nitrogen and oxygen atoms in total. The molecule has 0 aliphatic rings. The Balaban J connectivity index is 1.51. The van der Waals surface area contributed by atoms with Crippen LogP contribution in [-0.2, 0) is 19.6 Å². The van der Waals surface area contributed by atoms with Crippen molar-refractivity contribution in [2.75, 3.05) is 13.1 Å². The molecule has 28 heavy (non-hydrogen) atoms. The first kappa shape index (κ1) is 19.9. The zero-order valence-electron chi connectivity index (χ0n) is 16.0. The average Bonchev–Trinajstić information content (AvgIpc) is 3.22. The van der Waals surface area contributed by atoms with Crippen LogP contribution in [0.2, 0.25) is 0 Å². The van der Waals surface area contributed by atoms with Crippen molar-refractivity contribution < 1.29 is 9.21 Å². The average molecular weight is 377 g/mol. The summed E-state index contributed by atoms with van der Waals surface area (Å²) in [6.45, 7) is 3.56. The van der Waals surface area contributed by atoms with Gasteiger partial charge in [0.2, 0.25) is 0 Å². The molecule has 0 aliphatic carbocycles. The second-order valence-electron chi connectivity index (χ2n) is 6.80. The number of nitrogens with one attached hydrogen (secondary N) is 1. The van der Waals surface area contributed by atoms with E-state index in [1.807, 2.05) is 12.1 Å². The third-order valence-electron chi connectivity index (χ3n) is 4.55. The van der Waals surface area contributed by atoms with Gasteiger partial charge in [-0.2, -0.15) is 0 Å². The topological polar surface area (TPSA) is 71.5 Å². The molecule has 146 valence electrons. The van der Waals surface area contributed by atoms with Gasteiger partial charge in [-0.1, -0.05) is 60.7 Å². The predicted octanol–water partition coefficient (Wildman–Crippen LogP) is 3.56. The highest BCUT2D eigenvalue weighted by Gasteiger charge is 2.10. The number of benzene rings is 2. The Morgan fingerprint density at radius 1 is 0.964 bits per heavy atom. The van der Waals surface area contributed by atoms with Gasteiger partial charge in [0.15, 0.2) is 0 Å². The Morgan fingerprint density at radius 3 is 2.11 bits per heavy atom. The largest absolute Gasteiger partial charge is 0.467 e. The van der Waals surface area contributed by atoms with Crippen LogP contribution in [0.1, 0.15) is 33.7 Å². The number of hydrogen-bond donors (Lipinski definition) is 2. The van der Waals surface area contributed by atoms with E-state index in [1.54, 1.807) is 6.07 Å². The summed E-state index contributed by atoms with van der Waals surface area (Å²) in [6, 6.07) is 22.6. The molecule has 0 radical (unpaired) electrons. The van der Waals surface area contributed by atoms with Gasteiger partial charge in [-0.05, 0) is 23.6 Å². The third-order valence-corrected chi connectivity index (χ3v) is 4.55. The number of nitrogens with two attached hydrogens (primary N) is 1. The second kappa shape index (κ2) is 10.4. The van der Waals surface area contributed by atoms with Crippen molar-refractivity contribution in [3.63, 3.8) is 0 Å². The molecular weight excluding hydrogens is 350 g/mol. The molecule has 0 atom stereocenters. The maximum Gasteiger partial charge on any atom is 0.254 e. The van der Waals surface area contributed by atoms with Crippen molar-refractivity contribution in [2.24, 2.45) is 5.73 Å². The van der Waals surface area contributed by atoms with Crippen LogP contribution in [0.25, 0.3) is 0 Å². The lowest BCUT2D eigenvalue weighted by molar-refractivity contribution is 0.0950. The SMILES string of the molecule is NCc1cc(C(=O)NCCCN(Cc2ccccc2)Cc2ccccc2)co1. The summed E-state index contributed by atoms with van der Waals surface area (Å²) < 4.78 is 5.22. The smallest absolute Gasteiger partial charge is 0.254 e. The van der Waals surface area contributed by atoms with Crippen LogP contribution in [0.4, 0.5) is 0 Å². The Bertz CT molecular complexity index is 805. The van der Waals surface area contributed by atoms with E-state index in [4.69, 9.17) is 10.2 Å². The van der Waals surface area contributed by atoms with Crippen LogP contribution in [0.15, 0.2) is 77.4 Å². The Labute approximate surface area is 166 Å². The van der Waals surface area contributed by atoms with Gasteiger partial charge in [-0.3, -0.25) is 9.69 Å². The Morgan fingerprint density at radius 2 is 1.57 bits per heavy atom. The van der Waals surface area contributed by atoms with E-state index < -0.39 is 0 Å². The summed E-state index contributed by atoms with van der Waals surface area (Å²) in [5.74, 6) is 0.489. The van der Waals surface area contributed by atoms with Crippen molar-refractivity contribution >= 4 is 5.91 Å². The first-order chi connectivity index (χ1) is 13.7. The van der Waals surface area contributed by atoms with Gasteiger partial charge in [-0.25, -0.2) is 0 Å². The summed E-state index contributed by atoms with van der Waals surface area (Å²) in [4.78, 5) is 14.6. The van der Waals surface area contributed by atoms with Crippen LogP contribution in [-0.4, -0.2) is 23.9 Å². The summed E-state index contributed by atoms with van der Waals surface area (Å²) in [6.07, 6.45) is 2.32. The predicted molar refractivity (Wildman–Crippen MR) is 111 cm³/mol. The molecule has 3 rings (SSSR count). The molecular formula is C23H27N3O2. The molecule has 0 saturated carbocycles. The second-order valence-corrected chi connectivity index (χ2v) is 6.80. The molecule has 0 unspecified atom stereocenters. The molecule has 0 spiro atoms. The highest BCUT2D eigenvalue weighted by atomic mass is 16.3. The van der Waals surface area contributed by atoms with Gasteiger partial charge in [-0.15, -0.1) is 0 Å². The third kappa shape index (κ3) is 6.08. The number of amides is 1. The van der Waals surface area contributed by atoms with E-state index >= 15 is 0 Å². The number of nitrogens with zero attached hydrogens (tertiary/aromatic N) is 1. The molecule has 3 N–H and O–H groups in total. The molecule has 0 fully saturated rings. The monoisotopic (exact) mass is 377 g/mol. The number of hydrogen-bond acceptors (Lipinski definition) is 4. The minimum atomic E-state index is -0.124. The van der Waals surface area contributed by atoms with Crippen LogP contribution in [0.5, 0.6) is 0 Å². The highest BCUT2D eigenvalue weighted by Crippen LogP contribution is 2.11. The van der Waals surface area contributed by atoms with E-state index in [-0.39, 0.29) is 5.91 Å². The molecule has 2 aromatic carbocycles. The van der Waals surface area contributed by atoms with Gasteiger partial charge in [0.1, 0.15) is 12.0 Å². The van der Waals surface area contributed by atoms with Gasteiger partial charge in [0.05, 0.1) is 12.1 Å².